The third-order valence-corrected chi connectivity index (χ3v) is 2.44. The Hall–Kier alpha value is -1.58. The maximum Gasteiger partial charge on any atom is 0.328 e. The smallest absolute Gasteiger partial charge is 0.328 e. The molecule has 88 valence electrons. The van der Waals surface area contributed by atoms with Gasteiger partial charge in [-0.15, -0.1) is 0 Å². The number of nitrogens with zero attached hydrogens (tertiary/aromatic N) is 1. The van der Waals surface area contributed by atoms with E-state index in [0.29, 0.717) is 18.0 Å². The van der Waals surface area contributed by atoms with Crippen LogP contribution in [0.4, 0.5) is 0 Å². The molecule has 1 heterocycles. The first-order valence-corrected chi connectivity index (χ1v) is 5.30. The second-order valence-corrected chi connectivity index (χ2v) is 4.13. The molecule has 4 heteroatoms. The number of methoxy groups -OCH3 is 1. The van der Waals surface area contributed by atoms with Gasteiger partial charge in [-0.25, -0.2) is 4.79 Å². The molecule has 1 aromatic rings. The summed E-state index contributed by atoms with van der Waals surface area (Å²) in [5, 5.41) is 0. The SMILES string of the molecule is COC(=O)[C@@H](CC(C)C)n1cccc1C=O. The van der Waals surface area contributed by atoms with Crippen molar-refractivity contribution in [2.24, 2.45) is 5.92 Å². The number of rotatable bonds is 5. The Morgan fingerprint density at radius 2 is 2.25 bits per heavy atom. The van der Waals surface area contributed by atoms with Gasteiger partial charge in [-0.05, 0) is 24.5 Å². The molecular formula is C12H17NO3. The molecule has 1 atom stereocenters. The molecule has 0 aliphatic carbocycles. The fourth-order valence-electron chi connectivity index (χ4n) is 1.70. The Morgan fingerprint density at radius 1 is 1.56 bits per heavy atom. The molecule has 4 nitrogen and oxygen atoms in total. The Kier molecular flexibility index (Phi) is 4.28. The first-order chi connectivity index (χ1) is 7.60. The van der Waals surface area contributed by atoms with Crippen molar-refractivity contribution in [1.82, 2.24) is 4.57 Å². The van der Waals surface area contributed by atoms with E-state index < -0.39 is 6.04 Å². The van der Waals surface area contributed by atoms with Gasteiger partial charge in [0.05, 0.1) is 12.8 Å². The van der Waals surface area contributed by atoms with Gasteiger partial charge in [0.2, 0.25) is 0 Å². The van der Waals surface area contributed by atoms with Gasteiger partial charge in [0.15, 0.2) is 6.29 Å². The van der Waals surface area contributed by atoms with Crippen LogP contribution >= 0.6 is 0 Å². The lowest BCUT2D eigenvalue weighted by molar-refractivity contribution is -0.145. The van der Waals surface area contributed by atoms with Crippen molar-refractivity contribution in [2.45, 2.75) is 26.3 Å². The van der Waals surface area contributed by atoms with Crippen LogP contribution in [0.2, 0.25) is 0 Å². The summed E-state index contributed by atoms with van der Waals surface area (Å²) in [6.45, 7) is 4.06. The number of hydrogen-bond donors (Lipinski definition) is 0. The monoisotopic (exact) mass is 223 g/mol. The van der Waals surface area contributed by atoms with Gasteiger partial charge in [0.1, 0.15) is 6.04 Å². The highest BCUT2D eigenvalue weighted by Crippen LogP contribution is 2.21. The summed E-state index contributed by atoms with van der Waals surface area (Å²) in [7, 11) is 1.36. The van der Waals surface area contributed by atoms with Gasteiger partial charge < -0.3 is 9.30 Å². The zero-order valence-electron chi connectivity index (χ0n) is 9.84. The lowest BCUT2D eigenvalue weighted by Gasteiger charge is -2.19. The van der Waals surface area contributed by atoms with Crippen molar-refractivity contribution < 1.29 is 14.3 Å². The predicted octanol–water partition coefficient (Wildman–Crippen LogP) is 2.06. The van der Waals surface area contributed by atoms with Crippen molar-refractivity contribution in [3.8, 4) is 0 Å². The predicted molar refractivity (Wildman–Crippen MR) is 60.3 cm³/mol. The minimum atomic E-state index is -0.416. The molecule has 0 spiro atoms. The molecule has 0 radical (unpaired) electrons. The lowest BCUT2D eigenvalue weighted by atomic mass is 10.0. The van der Waals surface area contributed by atoms with E-state index in [1.54, 1.807) is 22.9 Å². The summed E-state index contributed by atoms with van der Waals surface area (Å²) >= 11 is 0. The van der Waals surface area contributed by atoms with E-state index in [2.05, 4.69) is 0 Å². The van der Waals surface area contributed by atoms with Crippen molar-refractivity contribution in [1.29, 1.82) is 0 Å². The Morgan fingerprint density at radius 3 is 2.75 bits per heavy atom. The highest BCUT2D eigenvalue weighted by Gasteiger charge is 2.23. The fraction of sp³-hybridized carbons (Fsp3) is 0.500. The molecule has 0 aliphatic rings. The first-order valence-electron chi connectivity index (χ1n) is 5.30. The molecule has 0 bridgehead atoms. The van der Waals surface area contributed by atoms with E-state index in [9.17, 15) is 9.59 Å². The molecule has 0 amide bonds. The van der Waals surface area contributed by atoms with Crippen LogP contribution in [0.5, 0.6) is 0 Å². The minimum absolute atomic E-state index is 0.312. The molecule has 1 aromatic heterocycles. The second-order valence-electron chi connectivity index (χ2n) is 4.13. The molecule has 16 heavy (non-hydrogen) atoms. The highest BCUT2D eigenvalue weighted by molar-refractivity contribution is 5.78. The Bertz CT molecular complexity index is 368. The first kappa shape index (κ1) is 12.5. The largest absolute Gasteiger partial charge is 0.467 e. The molecule has 0 saturated carbocycles. The van der Waals surface area contributed by atoms with Crippen molar-refractivity contribution >= 4 is 12.3 Å². The van der Waals surface area contributed by atoms with Crippen LogP contribution in [0, 0.1) is 5.92 Å². The third-order valence-electron chi connectivity index (χ3n) is 2.44. The fourth-order valence-corrected chi connectivity index (χ4v) is 1.70. The van der Waals surface area contributed by atoms with Crippen LogP contribution in [-0.2, 0) is 9.53 Å². The quantitative estimate of drug-likeness (QED) is 0.567. The zero-order chi connectivity index (χ0) is 12.1. The van der Waals surface area contributed by atoms with Crippen molar-refractivity contribution in [3.63, 3.8) is 0 Å². The molecule has 0 unspecified atom stereocenters. The van der Waals surface area contributed by atoms with Crippen LogP contribution in [0.3, 0.4) is 0 Å². The van der Waals surface area contributed by atoms with E-state index in [-0.39, 0.29) is 5.97 Å². The summed E-state index contributed by atoms with van der Waals surface area (Å²) in [4.78, 5) is 22.5. The number of aldehydes is 1. The maximum atomic E-state index is 11.7. The third kappa shape index (κ3) is 2.72. The molecule has 0 N–H and O–H groups in total. The summed E-state index contributed by atoms with van der Waals surface area (Å²) in [5.74, 6) is 0.0407. The van der Waals surface area contributed by atoms with Gasteiger partial charge in [-0.3, -0.25) is 4.79 Å². The summed E-state index contributed by atoms with van der Waals surface area (Å²) in [6, 6.07) is 3.02. The van der Waals surface area contributed by atoms with Crippen LogP contribution in [0.1, 0.15) is 36.8 Å². The molecular weight excluding hydrogens is 206 g/mol. The molecule has 0 saturated heterocycles. The van der Waals surface area contributed by atoms with Gasteiger partial charge in [0.25, 0.3) is 0 Å². The average molecular weight is 223 g/mol. The van der Waals surface area contributed by atoms with Crippen molar-refractivity contribution in [2.75, 3.05) is 7.11 Å². The Balaban J connectivity index is 3.00. The van der Waals surface area contributed by atoms with E-state index in [0.717, 1.165) is 6.29 Å². The number of carbonyl (C=O) groups is 2. The summed E-state index contributed by atoms with van der Waals surface area (Å²) in [6.07, 6.45) is 3.13. The topological polar surface area (TPSA) is 48.3 Å². The summed E-state index contributed by atoms with van der Waals surface area (Å²) < 4.78 is 6.43. The normalized spacial score (nSPS) is 12.5. The lowest BCUT2D eigenvalue weighted by Crippen LogP contribution is -2.23. The number of ether oxygens (including phenoxy) is 1. The molecule has 0 fully saturated rings. The van der Waals surface area contributed by atoms with Crippen LogP contribution in [-0.4, -0.2) is 23.9 Å². The van der Waals surface area contributed by atoms with E-state index in [1.807, 2.05) is 13.8 Å². The van der Waals surface area contributed by atoms with Crippen LogP contribution < -0.4 is 0 Å². The molecule has 1 rings (SSSR count). The van der Waals surface area contributed by atoms with Gasteiger partial charge in [0, 0.05) is 6.20 Å². The van der Waals surface area contributed by atoms with Gasteiger partial charge in [-0.2, -0.15) is 0 Å². The molecule has 0 aromatic carbocycles. The average Bonchev–Trinajstić information content (AvgIpc) is 2.72. The van der Waals surface area contributed by atoms with Crippen LogP contribution in [0.15, 0.2) is 18.3 Å². The standard InChI is InChI=1S/C12H17NO3/c1-9(2)7-11(12(15)16-3)13-6-4-5-10(13)8-14/h4-6,8-9,11H,7H2,1-3H3/t11-/m1/s1. The maximum absolute atomic E-state index is 11.7. The zero-order valence-corrected chi connectivity index (χ0v) is 9.84. The number of esters is 1. The van der Waals surface area contributed by atoms with E-state index >= 15 is 0 Å². The van der Waals surface area contributed by atoms with Crippen LogP contribution in [0.25, 0.3) is 0 Å². The minimum Gasteiger partial charge on any atom is -0.467 e. The molecule has 0 aliphatic heterocycles. The summed E-state index contributed by atoms with van der Waals surface area (Å²) in [5.41, 5.74) is 0.496. The van der Waals surface area contributed by atoms with E-state index in [1.165, 1.54) is 7.11 Å². The number of aromatic nitrogens is 1. The highest BCUT2D eigenvalue weighted by atomic mass is 16.5. The van der Waals surface area contributed by atoms with Gasteiger partial charge >= 0.3 is 5.97 Å². The Labute approximate surface area is 95.2 Å². The van der Waals surface area contributed by atoms with Crippen molar-refractivity contribution in [3.05, 3.63) is 24.0 Å². The van der Waals surface area contributed by atoms with E-state index in [4.69, 9.17) is 4.74 Å². The second kappa shape index (κ2) is 5.49. The van der Waals surface area contributed by atoms with Gasteiger partial charge in [-0.1, -0.05) is 13.8 Å². The number of carbonyl (C=O) groups excluding carboxylic acids is 2. The number of hydrogen-bond acceptors (Lipinski definition) is 3.